The highest BCUT2D eigenvalue weighted by atomic mass is 15.1. The molecule has 2 heteroatoms. The van der Waals surface area contributed by atoms with Crippen molar-refractivity contribution in [1.29, 1.82) is 0 Å². The lowest BCUT2D eigenvalue weighted by Crippen LogP contribution is -2.21. The largest absolute Gasteiger partial charge is 0.335 e. The SMILES string of the molecule is CC(C)(C)n1c2ccccc2c2ccc(N(c3ccc4ccccc4c3)c3ccc4cccc(-c5ccccc5)c4c3)cc21. The summed E-state index contributed by atoms with van der Waals surface area (Å²) in [7, 11) is 0. The molecule has 1 aromatic heterocycles. The first-order chi connectivity index (χ1) is 21.5. The van der Waals surface area contributed by atoms with Gasteiger partial charge in [0.15, 0.2) is 0 Å². The third kappa shape index (κ3) is 4.34. The quantitative estimate of drug-likeness (QED) is 0.206. The van der Waals surface area contributed by atoms with Gasteiger partial charge in [-0.05, 0) is 95.9 Å². The highest BCUT2D eigenvalue weighted by molar-refractivity contribution is 6.10. The van der Waals surface area contributed by atoms with Crippen molar-refractivity contribution in [3.05, 3.63) is 152 Å². The molecule has 44 heavy (non-hydrogen) atoms. The summed E-state index contributed by atoms with van der Waals surface area (Å²) in [4.78, 5) is 2.41. The summed E-state index contributed by atoms with van der Waals surface area (Å²) >= 11 is 0. The minimum absolute atomic E-state index is 0.0821. The van der Waals surface area contributed by atoms with E-state index in [-0.39, 0.29) is 5.54 Å². The van der Waals surface area contributed by atoms with Crippen LogP contribution in [0.1, 0.15) is 20.8 Å². The van der Waals surface area contributed by atoms with E-state index in [1.807, 2.05) is 0 Å². The van der Waals surface area contributed by atoms with Crippen LogP contribution in [0.5, 0.6) is 0 Å². The number of benzene rings is 7. The molecule has 0 saturated carbocycles. The zero-order chi connectivity index (χ0) is 29.8. The molecule has 0 aliphatic heterocycles. The first-order valence-corrected chi connectivity index (χ1v) is 15.4. The molecule has 0 unspecified atom stereocenters. The predicted molar refractivity (Wildman–Crippen MR) is 190 cm³/mol. The molecule has 2 nitrogen and oxygen atoms in total. The second kappa shape index (κ2) is 10.1. The Balaban J connectivity index is 1.40. The Morgan fingerprint density at radius 3 is 1.86 bits per heavy atom. The van der Waals surface area contributed by atoms with Crippen LogP contribution in [0.3, 0.4) is 0 Å². The smallest absolute Gasteiger partial charge is 0.0517 e. The summed E-state index contributed by atoms with van der Waals surface area (Å²) in [5, 5.41) is 7.51. The molecule has 0 spiro atoms. The van der Waals surface area contributed by atoms with Gasteiger partial charge in [0.1, 0.15) is 0 Å². The zero-order valence-electron chi connectivity index (χ0n) is 25.3. The summed E-state index contributed by atoms with van der Waals surface area (Å²) in [6, 6.07) is 55.3. The fourth-order valence-electron chi connectivity index (χ4n) is 6.85. The van der Waals surface area contributed by atoms with Crippen LogP contribution in [-0.4, -0.2) is 4.57 Å². The van der Waals surface area contributed by atoms with E-state index in [4.69, 9.17) is 0 Å². The van der Waals surface area contributed by atoms with Crippen molar-refractivity contribution in [3.63, 3.8) is 0 Å². The molecule has 0 aliphatic rings. The van der Waals surface area contributed by atoms with E-state index in [0.29, 0.717) is 0 Å². The minimum Gasteiger partial charge on any atom is -0.335 e. The maximum atomic E-state index is 2.49. The maximum absolute atomic E-state index is 2.49. The van der Waals surface area contributed by atoms with Gasteiger partial charge in [-0.25, -0.2) is 0 Å². The molecule has 0 aliphatic carbocycles. The Hall–Kier alpha value is -5.34. The Bertz CT molecular complexity index is 2320. The number of para-hydroxylation sites is 1. The van der Waals surface area contributed by atoms with E-state index in [0.717, 1.165) is 17.1 Å². The molecule has 0 amide bonds. The van der Waals surface area contributed by atoms with Crippen LogP contribution in [0.25, 0.3) is 54.5 Å². The molecule has 212 valence electrons. The lowest BCUT2D eigenvalue weighted by molar-refractivity contribution is 0.423. The number of fused-ring (bicyclic) bond motifs is 5. The number of hydrogen-bond acceptors (Lipinski definition) is 1. The molecule has 0 bridgehead atoms. The summed E-state index contributed by atoms with van der Waals surface area (Å²) in [5.41, 5.74) is 8.30. The number of aromatic nitrogens is 1. The topological polar surface area (TPSA) is 8.17 Å². The number of nitrogens with zero attached hydrogens (tertiary/aromatic N) is 2. The van der Waals surface area contributed by atoms with Crippen LogP contribution < -0.4 is 4.90 Å². The lowest BCUT2D eigenvalue weighted by atomic mass is 9.97. The first kappa shape index (κ1) is 26.3. The van der Waals surface area contributed by atoms with Gasteiger partial charge in [-0.1, -0.05) is 109 Å². The molecule has 8 aromatic rings. The Kier molecular flexibility index (Phi) is 6.06. The molecular formula is C42H34N2. The van der Waals surface area contributed by atoms with Crippen LogP contribution in [0.4, 0.5) is 17.1 Å². The molecule has 0 N–H and O–H groups in total. The van der Waals surface area contributed by atoms with Crippen LogP contribution >= 0.6 is 0 Å². The molecule has 0 atom stereocenters. The Morgan fingerprint density at radius 2 is 1.05 bits per heavy atom. The van der Waals surface area contributed by atoms with Gasteiger partial charge in [0, 0.05) is 38.9 Å². The van der Waals surface area contributed by atoms with E-state index in [1.54, 1.807) is 0 Å². The summed E-state index contributed by atoms with van der Waals surface area (Å²) in [6.45, 7) is 6.88. The highest BCUT2D eigenvalue weighted by Crippen LogP contribution is 2.42. The van der Waals surface area contributed by atoms with E-state index in [1.165, 1.54) is 54.5 Å². The van der Waals surface area contributed by atoms with Crippen LogP contribution in [0.2, 0.25) is 0 Å². The normalized spacial score (nSPS) is 12.0. The third-order valence-corrected chi connectivity index (χ3v) is 8.79. The summed E-state index contributed by atoms with van der Waals surface area (Å²) < 4.78 is 2.49. The molecule has 8 rings (SSSR count). The first-order valence-electron chi connectivity index (χ1n) is 15.4. The second-order valence-electron chi connectivity index (χ2n) is 12.7. The van der Waals surface area contributed by atoms with Gasteiger partial charge in [0.25, 0.3) is 0 Å². The van der Waals surface area contributed by atoms with E-state index in [9.17, 15) is 0 Å². The summed E-state index contributed by atoms with van der Waals surface area (Å²) in [6.07, 6.45) is 0. The maximum Gasteiger partial charge on any atom is 0.0517 e. The average Bonchev–Trinajstić information content (AvgIpc) is 3.39. The van der Waals surface area contributed by atoms with Gasteiger partial charge in [0.2, 0.25) is 0 Å². The van der Waals surface area contributed by atoms with Crippen molar-refractivity contribution in [2.75, 3.05) is 4.90 Å². The molecule has 1 heterocycles. The van der Waals surface area contributed by atoms with Crippen molar-refractivity contribution >= 4 is 60.4 Å². The second-order valence-corrected chi connectivity index (χ2v) is 12.7. The van der Waals surface area contributed by atoms with E-state index >= 15 is 0 Å². The van der Waals surface area contributed by atoms with Gasteiger partial charge in [0.05, 0.1) is 5.52 Å². The van der Waals surface area contributed by atoms with Gasteiger partial charge < -0.3 is 9.47 Å². The fourth-order valence-corrected chi connectivity index (χ4v) is 6.85. The number of hydrogen-bond donors (Lipinski definition) is 0. The van der Waals surface area contributed by atoms with Crippen molar-refractivity contribution in [2.45, 2.75) is 26.3 Å². The zero-order valence-corrected chi connectivity index (χ0v) is 25.3. The minimum atomic E-state index is -0.0821. The number of anilines is 3. The van der Waals surface area contributed by atoms with Crippen molar-refractivity contribution < 1.29 is 0 Å². The monoisotopic (exact) mass is 566 g/mol. The van der Waals surface area contributed by atoms with Crippen LogP contribution in [-0.2, 0) is 5.54 Å². The van der Waals surface area contributed by atoms with Crippen molar-refractivity contribution in [1.82, 2.24) is 4.57 Å². The standard InChI is InChI=1S/C42H34N2/c1-42(2,3)44-40-19-10-9-17-37(40)38-25-24-35(28-41(38)44)43(33-22-20-29-12-7-8-15-32(29)26-33)34-23-21-31-16-11-18-36(39(31)27-34)30-13-5-4-6-14-30/h4-28H,1-3H3. The lowest BCUT2D eigenvalue weighted by Gasteiger charge is -2.28. The highest BCUT2D eigenvalue weighted by Gasteiger charge is 2.22. The predicted octanol–water partition coefficient (Wildman–Crippen LogP) is 12.0. The molecular weight excluding hydrogens is 532 g/mol. The van der Waals surface area contributed by atoms with E-state index in [2.05, 4.69) is 182 Å². The van der Waals surface area contributed by atoms with Gasteiger partial charge >= 0.3 is 0 Å². The van der Waals surface area contributed by atoms with Gasteiger partial charge in [-0.2, -0.15) is 0 Å². The van der Waals surface area contributed by atoms with Crippen molar-refractivity contribution in [3.8, 4) is 11.1 Å². The molecule has 0 fully saturated rings. The third-order valence-electron chi connectivity index (χ3n) is 8.79. The molecule has 0 saturated heterocycles. The van der Waals surface area contributed by atoms with E-state index < -0.39 is 0 Å². The van der Waals surface area contributed by atoms with Crippen LogP contribution in [0.15, 0.2) is 152 Å². The van der Waals surface area contributed by atoms with Crippen molar-refractivity contribution in [2.24, 2.45) is 0 Å². The fraction of sp³-hybridized carbons (Fsp3) is 0.0952. The summed E-state index contributed by atoms with van der Waals surface area (Å²) in [5.74, 6) is 0. The Labute approximate surface area is 258 Å². The van der Waals surface area contributed by atoms with Crippen LogP contribution in [0, 0.1) is 0 Å². The molecule has 7 aromatic carbocycles. The number of rotatable bonds is 4. The average molecular weight is 567 g/mol. The molecule has 0 radical (unpaired) electrons. The Morgan fingerprint density at radius 1 is 0.432 bits per heavy atom. The van der Waals surface area contributed by atoms with Gasteiger partial charge in [-0.15, -0.1) is 0 Å². The van der Waals surface area contributed by atoms with Gasteiger partial charge in [-0.3, -0.25) is 0 Å².